The molecule has 2 heterocycles. The van der Waals surface area contributed by atoms with Gasteiger partial charge in [-0.25, -0.2) is 4.79 Å². The van der Waals surface area contributed by atoms with Gasteiger partial charge in [0, 0.05) is 25.4 Å². The van der Waals surface area contributed by atoms with Crippen molar-refractivity contribution in [3.63, 3.8) is 0 Å². The summed E-state index contributed by atoms with van der Waals surface area (Å²) in [6, 6.07) is 12.4. The third-order valence-corrected chi connectivity index (χ3v) is 4.93. The summed E-state index contributed by atoms with van der Waals surface area (Å²) < 4.78 is 7.06. The topological polar surface area (TPSA) is 80.6 Å². The molecule has 2 amide bonds. The van der Waals surface area contributed by atoms with E-state index in [-0.39, 0.29) is 11.5 Å². The van der Waals surface area contributed by atoms with Crippen LogP contribution in [-0.4, -0.2) is 39.7 Å². The van der Waals surface area contributed by atoms with Crippen LogP contribution >= 0.6 is 0 Å². The number of pyridine rings is 1. The van der Waals surface area contributed by atoms with Crippen molar-refractivity contribution in [2.24, 2.45) is 0 Å². The zero-order valence-corrected chi connectivity index (χ0v) is 17.8. The number of nitrogens with zero attached hydrogens (tertiary/aromatic N) is 2. The molecule has 1 saturated heterocycles. The van der Waals surface area contributed by atoms with Crippen molar-refractivity contribution in [3.05, 3.63) is 70.1 Å². The van der Waals surface area contributed by atoms with Crippen molar-refractivity contribution in [3.8, 4) is 0 Å². The molecule has 7 heteroatoms. The highest BCUT2D eigenvalue weighted by atomic mass is 16.6. The summed E-state index contributed by atoms with van der Waals surface area (Å²) >= 11 is 0. The molecule has 0 radical (unpaired) electrons. The van der Waals surface area contributed by atoms with Gasteiger partial charge in [-0.3, -0.25) is 14.5 Å². The first-order valence-corrected chi connectivity index (χ1v) is 10.2. The second-order valence-electron chi connectivity index (χ2n) is 8.53. The summed E-state index contributed by atoms with van der Waals surface area (Å²) in [6.07, 6.45) is 2.73. The van der Waals surface area contributed by atoms with E-state index < -0.39 is 17.7 Å². The average Bonchev–Trinajstić information content (AvgIpc) is 3.18. The Kier molecular flexibility index (Phi) is 6.59. The summed E-state index contributed by atoms with van der Waals surface area (Å²) in [5, 5.41) is 2.92. The normalized spacial score (nSPS) is 16.4. The molecule has 0 aliphatic carbocycles. The van der Waals surface area contributed by atoms with Crippen molar-refractivity contribution < 1.29 is 14.3 Å². The minimum atomic E-state index is -0.590. The Bertz CT molecular complexity index is 944. The quantitative estimate of drug-likeness (QED) is 0.820. The summed E-state index contributed by atoms with van der Waals surface area (Å²) in [6.45, 7) is 6.85. The highest BCUT2D eigenvalue weighted by Crippen LogP contribution is 2.21. The molecule has 1 fully saturated rings. The first-order valence-electron chi connectivity index (χ1n) is 10.2. The Morgan fingerprint density at radius 1 is 1.10 bits per heavy atom. The van der Waals surface area contributed by atoms with E-state index in [2.05, 4.69) is 5.32 Å². The van der Waals surface area contributed by atoms with Crippen LogP contribution in [0.1, 0.15) is 44.7 Å². The van der Waals surface area contributed by atoms with Crippen LogP contribution in [0.4, 0.5) is 4.79 Å². The van der Waals surface area contributed by atoms with Gasteiger partial charge in [0.15, 0.2) is 0 Å². The molecule has 30 heavy (non-hydrogen) atoms. The number of aromatic nitrogens is 1. The van der Waals surface area contributed by atoms with Crippen molar-refractivity contribution in [1.29, 1.82) is 0 Å². The van der Waals surface area contributed by atoms with Crippen LogP contribution < -0.4 is 10.9 Å². The number of rotatable bonds is 5. The third kappa shape index (κ3) is 5.72. The monoisotopic (exact) mass is 411 g/mol. The van der Waals surface area contributed by atoms with Crippen molar-refractivity contribution in [1.82, 2.24) is 14.8 Å². The van der Waals surface area contributed by atoms with Gasteiger partial charge in [-0.2, -0.15) is 0 Å². The van der Waals surface area contributed by atoms with Crippen LogP contribution in [0.2, 0.25) is 0 Å². The fourth-order valence-electron chi connectivity index (χ4n) is 3.44. The van der Waals surface area contributed by atoms with E-state index in [9.17, 15) is 14.4 Å². The van der Waals surface area contributed by atoms with Crippen molar-refractivity contribution in [2.75, 3.05) is 6.54 Å². The smallest absolute Gasteiger partial charge is 0.410 e. The maximum absolute atomic E-state index is 12.6. The molecule has 3 rings (SSSR count). The zero-order chi connectivity index (χ0) is 21.7. The number of nitrogens with one attached hydrogen (secondary N) is 1. The van der Waals surface area contributed by atoms with Crippen LogP contribution in [-0.2, 0) is 22.6 Å². The SMILES string of the molecule is CC(C)(C)OC(=O)N1CCCC1C(=O)NCc1ccc(Cn2ccccc2=O)cc1. The Morgan fingerprint density at radius 2 is 1.80 bits per heavy atom. The second kappa shape index (κ2) is 9.15. The Morgan fingerprint density at radius 3 is 2.47 bits per heavy atom. The van der Waals surface area contributed by atoms with Gasteiger partial charge in [-0.05, 0) is 50.8 Å². The fourth-order valence-corrected chi connectivity index (χ4v) is 3.44. The van der Waals surface area contributed by atoms with Crippen LogP contribution in [0, 0.1) is 0 Å². The molecular formula is C23H29N3O4. The lowest BCUT2D eigenvalue weighted by molar-refractivity contribution is -0.125. The van der Waals surface area contributed by atoms with Gasteiger partial charge in [0.05, 0.1) is 6.54 Å². The molecule has 1 aliphatic rings. The van der Waals surface area contributed by atoms with Crippen LogP contribution in [0.3, 0.4) is 0 Å². The largest absolute Gasteiger partial charge is 0.444 e. The lowest BCUT2D eigenvalue weighted by atomic mass is 10.1. The number of carbonyl (C=O) groups is 2. The third-order valence-electron chi connectivity index (χ3n) is 4.93. The lowest BCUT2D eigenvalue weighted by Crippen LogP contribution is -2.47. The van der Waals surface area contributed by atoms with Gasteiger partial charge < -0.3 is 14.6 Å². The molecule has 1 aromatic carbocycles. The predicted molar refractivity (Wildman–Crippen MR) is 114 cm³/mol. The average molecular weight is 412 g/mol. The minimum absolute atomic E-state index is 0.0417. The van der Waals surface area contributed by atoms with E-state index in [1.807, 2.05) is 51.1 Å². The molecule has 1 aliphatic heterocycles. The maximum atomic E-state index is 12.6. The first-order chi connectivity index (χ1) is 14.2. The van der Waals surface area contributed by atoms with Gasteiger partial charge in [0.2, 0.25) is 5.91 Å². The van der Waals surface area contributed by atoms with E-state index in [0.717, 1.165) is 17.5 Å². The number of hydrogen-bond donors (Lipinski definition) is 1. The standard InChI is InChI=1S/C23H29N3O4/c1-23(2,3)30-22(29)26-14-6-7-19(26)21(28)24-15-17-9-11-18(12-10-17)16-25-13-5-4-8-20(25)27/h4-5,8-13,19H,6-7,14-16H2,1-3H3,(H,24,28). The Hall–Kier alpha value is -3.09. The van der Waals surface area contributed by atoms with E-state index >= 15 is 0 Å². The zero-order valence-electron chi connectivity index (χ0n) is 17.8. The summed E-state index contributed by atoms with van der Waals surface area (Å²) in [5.74, 6) is -0.168. The molecule has 1 unspecified atom stereocenters. The van der Waals surface area contributed by atoms with Crippen LogP contribution in [0.15, 0.2) is 53.5 Å². The Balaban J connectivity index is 1.54. The van der Waals surface area contributed by atoms with Crippen LogP contribution in [0.5, 0.6) is 0 Å². The maximum Gasteiger partial charge on any atom is 0.410 e. The highest BCUT2D eigenvalue weighted by Gasteiger charge is 2.36. The summed E-state index contributed by atoms with van der Waals surface area (Å²) in [7, 11) is 0. The molecule has 1 aromatic heterocycles. The van der Waals surface area contributed by atoms with E-state index in [0.29, 0.717) is 26.1 Å². The number of ether oxygens (including phenoxy) is 1. The molecule has 2 aromatic rings. The fraction of sp³-hybridized carbons (Fsp3) is 0.435. The van der Waals surface area contributed by atoms with Gasteiger partial charge in [-0.15, -0.1) is 0 Å². The van der Waals surface area contributed by atoms with Gasteiger partial charge in [-0.1, -0.05) is 30.3 Å². The lowest BCUT2D eigenvalue weighted by Gasteiger charge is -2.28. The molecule has 1 N–H and O–H groups in total. The molecule has 0 saturated carbocycles. The predicted octanol–water partition coefficient (Wildman–Crippen LogP) is 2.91. The molecule has 1 atom stereocenters. The molecule has 7 nitrogen and oxygen atoms in total. The molecular weight excluding hydrogens is 382 g/mol. The highest BCUT2D eigenvalue weighted by molar-refractivity contribution is 5.86. The Labute approximate surface area is 176 Å². The van der Waals surface area contributed by atoms with Crippen molar-refractivity contribution in [2.45, 2.75) is 58.3 Å². The van der Waals surface area contributed by atoms with E-state index in [4.69, 9.17) is 4.74 Å². The number of carbonyl (C=O) groups excluding carboxylic acids is 2. The number of amides is 2. The van der Waals surface area contributed by atoms with Gasteiger partial charge >= 0.3 is 6.09 Å². The molecule has 160 valence electrons. The van der Waals surface area contributed by atoms with E-state index in [1.54, 1.807) is 16.8 Å². The first kappa shape index (κ1) is 21.6. The summed E-state index contributed by atoms with van der Waals surface area (Å²) in [4.78, 5) is 38.3. The number of benzene rings is 1. The summed E-state index contributed by atoms with van der Waals surface area (Å²) in [5.41, 5.74) is 1.33. The number of likely N-dealkylation sites (tertiary alicyclic amines) is 1. The molecule has 0 bridgehead atoms. The molecule has 0 spiro atoms. The van der Waals surface area contributed by atoms with E-state index in [1.165, 1.54) is 11.0 Å². The van der Waals surface area contributed by atoms with Crippen molar-refractivity contribution >= 4 is 12.0 Å². The second-order valence-corrected chi connectivity index (χ2v) is 8.53. The minimum Gasteiger partial charge on any atom is -0.444 e. The van der Waals surface area contributed by atoms with Crippen LogP contribution in [0.25, 0.3) is 0 Å². The number of hydrogen-bond acceptors (Lipinski definition) is 4. The van der Waals surface area contributed by atoms with Gasteiger partial charge in [0.25, 0.3) is 5.56 Å². The van der Waals surface area contributed by atoms with Gasteiger partial charge in [0.1, 0.15) is 11.6 Å².